The maximum atomic E-state index is 12.2. The minimum absolute atomic E-state index is 0.0796. The summed E-state index contributed by atoms with van der Waals surface area (Å²) in [6.07, 6.45) is 0. The lowest BCUT2D eigenvalue weighted by Crippen LogP contribution is -2.12. The lowest BCUT2D eigenvalue weighted by atomic mass is 10.1. The fourth-order valence-electron chi connectivity index (χ4n) is 2.43. The Kier molecular flexibility index (Phi) is 5.60. The number of anilines is 1. The molecule has 0 spiro atoms. The summed E-state index contributed by atoms with van der Waals surface area (Å²) in [5.41, 5.74) is 2.72. The summed E-state index contributed by atoms with van der Waals surface area (Å²) < 4.78 is 5.26. The highest BCUT2D eigenvalue weighted by molar-refractivity contribution is 6.04. The summed E-state index contributed by atoms with van der Waals surface area (Å²) in [5.74, 6) is -0.712. The summed E-state index contributed by atoms with van der Waals surface area (Å²) in [6, 6.07) is 24.3. The van der Waals surface area contributed by atoms with Crippen molar-refractivity contribution >= 4 is 17.6 Å². The zero-order valence-electron chi connectivity index (χ0n) is 14.4. The van der Waals surface area contributed by atoms with Gasteiger partial charge in [-0.3, -0.25) is 4.79 Å². The van der Waals surface area contributed by atoms with E-state index in [1.54, 1.807) is 42.5 Å². The molecule has 1 amide bonds. The second kappa shape index (κ2) is 8.45. The molecule has 132 valence electrons. The molecule has 0 aliphatic heterocycles. The van der Waals surface area contributed by atoms with E-state index in [0.29, 0.717) is 16.7 Å². The topological polar surface area (TPSA) is 79.2 Å². The standard InChI is InChI=1S/C22H16N2O3/c23-14-17-5-4-6-19(13-17)22(26)27-15-16-9-11-18(12-10-16)21(25)24-20-7-2-1-3-8-20/h1-13H,15H2,(H,24,25). The number of esters is 1. The van der Waals surface area contributed by atoms with Crippen molar-refractivity contribution in [3.63, 3.8) is 0 Å². The monoisotopic (exact) mass is 356 g/mol. The average Bonchev–Trinajstić information content (AvgIpc) is 2.73. The number of benzene rings is 3. The van der Waals surface area contributed by atoms with Crippen molar-refractivity contribution in [2.75, 3.05) is 5.32 Å². The molecule has 0 unspecified atom stereocenters. The molecule has 0 fully saturated rings. The number of carbonyl (C=O) groups excluding carboxylic acids is 2. The predicted molar refractivity (Wildman–Crippen MR) is 101 cm³/mol. The van der Waals surface area contributed by atoms with Crippen LogP contribution in [0.2, 0.25) is 0 Å². The van der Waals surface area contributed by atoms with Crippen LogP contribution >= 0.6 is 0 Å². The van der Waals surface area contributed by atoms with Gasteiger partial charge >= 0.3 is 5.97 Å². The van der Waals surface area contributed by atoms with Gasteiger partial charge in [-0.25, -0.2) is 4.79 Å². The van der Waals surface area contributed by atoms with Crippen molar-refractivity contribution in [3.05, 3.63) is 101 Å². The fraction of sp³-hybridized carbons (Fsp3) is 0.0455. The third-order valence-electron chi connectivity index (χ3n) is 3.85. The molecule has 5 heteroatoms. The normalized spacial score (nSPS) is 9.89. The van der Waals surface area contributed by atoms with E-state index in [0.717, 1.165) is 11.3 Å². The Morgan fingerprint density at radius 2 is 1.63 bits per heavy atom. The summed E-state index contributed by atoms with van der Waals surface area (Å²) in [4.78, 5) is 24.3. The van der Waals surface area contributed by atoms with Gasteiger partial charge in [0.25, 0.3) is 5.91 Å². The van der Waals surface area contributed by atoms with Gasteiger partial charge in [-0.15, -0.1) is 0 Å². The molecule has 5 nitrogen and oxygen atoms in total. The number of ether oxygens (including phenoxy) is 1. The molecule has 0 saturated carbocycles. The number of para-hydroxylation sites is 1. The largest absolute Gasteiger partial charge is 0.457 e. The van der Waals surface area contributed by atoms with Gasteiger partial charge in [-0.1, -0.05) is 36.4 Å². The van der Waals surface area contributed by atoms with E-state index in [1.807, 2.05) is 36.4 Å². The van der Waals surface area contributed by atoms with Crippen LogP contribution in [0.3, 0.4) is 0 Å². The fourth-order valence-corrected chi connectivity index (χ4v) is 2.43. The number of hydrogen-bond donors (Lipinski definition) is 1. The number of nitrogens with one attached hydrogen (secondary N) is 1. The molecule has 0 aliphatic rings. The number of nitrogens with zero attached hydrogens (tertiary/aromatic N) is 1. The van der Waals surface area contributed by atoms with Crippen molar-refractivity contribution in [1.82, 2.24) is 0 Å². The molecule has 3 rings (SSSR count). The van der Waals surface area contributed by atoms with Crippen molar-refractivity contribution in [3.8, 4) is 6.07 Å². The zero-order chi connectivity index (χ0) is 19.1. The Balaban J connectivity index is 1.58. The number of hydrogen-bond acceptors (Lipinski definition) is 4. The van der Waals surface area contributed by atoms with Crippen LogP contribution in [0.5, 0.6) is 0 Å². The summed E-state index contributed by atoms with van der Waals surface area (Å²) >= 11 is 0. The highest BCUT2D eigenvalue weighted by Gasteiger charge is 2.09. The molecule has 0 aromatic heterocycles. The Morgan fingerprint density at radius 1 is 0.889 bits per heavy atom. The first-order valence-corrected chi connectivity index (χ1v) is 8.28. The molecule has 1 N–H and O–H groups in total. The smallest absolute Gasteiger partial charge is 0.338 e. The lowest BCUT2D eigenvalue weighted by Gasteiger charge is -2.07. The van der Waals surface area contributed by atoms with E-state index in [1.165, 1.54) is 6.07 Å². The van der Waals surface area contributed by atoms with Crippen molar-refractivity contribution in [1.29, 1.82) is 5.26 Å². The zero-order valence-corrected chi connectivity index (χ0v) is 14.4. The SMILES string of the molecule is N#Cc1cccc(C(=O)OCc2ccc(C(=O)Nc3ccccc3)cc2)c1. The van der Waals surface area contributed by atoms with Crippen molar-refractivity contribution < 1.29 is 14.3 Å². The second-order valence-corrected chi connectivity index (χ2v) is 5.79. The van der Waals surface area contributed by atoms with Gasteiger partial charge in [0, 0.05) is 11.3 Å². The van der Waals surface area contributed by atoms with E-state index in [-0.39, 0.29) is 12.5 Å². The minimum atomic E-state index is -0.502. The van der Waals surface area contributed by atoms with Gasteiger partial charge in [0.15, 0.2) is 0 Å². The molecule has 3 aromatic rings. The maximum Gasteiger partial charge on any atom is 0.338 e. The summed E-state index contributed by atoms with van der Waals surface area (Å²) in [7, 11) is 0. The van der Waals surface area contributed by atoms with Crippen LogP contribution in [0.15, 0.2) is 78.9 Å². The molecular weight excluding hydrogens is 340 g/mol. The van der Waals surface area contributed by atoms with E-state index in [9.17, 15) is 9.59 Å². The van der Waals surface area contributed by atoms with Gasteiger partial charge in [0.1, 0.15) is 6.61 Å². The Morgan fingerprint density at radius 3 is 2.33 bits per heavy atom. The summed E-state index contributed by atoms with van der Waals surface area (Å²) in [6.45, 7) is 0.0796. The van der Waals surface area contributed by atoms with Gasteiger partial charge < -0.3 is 10.1 Å². The van der Waals surface area contributed by atoms with Crippen LogP contribution in [0.1, 0.15) is 31.8 Å². The number of amides is 1. The summed E-state index contributed by atoms with van der Waals surface area (Å²) in [5, 5.41) is 11.7. The predicted octanol–water partition coefficient (Wildman–Crippen LogP) is 4.17. The first kappa shape index (κ1) is 17.9. The highest BCUT2D eigenvalue weighted by atomic mass is 16.5. The van der Waals surface area contributed by atoms with E-state index in [4.69, 9.17) is 10.00 Å². The molecule has 0 radical (unpaired) electrons. The van der Waals surface area contributed by atoms with Crippen molar-refractivity contribution in [2.24, 2.45) is 0 Å². The van der Waals surface area contributed by atoms with Gasteiger partial charge in [0.05, 0.1) is 17.2 Å². The van der Waals surface area contributed by atoms with Crippen LogP contribution in [0.4, 0.5) is 5.69 Å². The lowest BCUT2D eigenvalue weighted by molar-refractivity contribution is 0.0472. The highest BCUT2D eigenvalue weighted by Crippen LogP contribution is 2.12. The molecule has 0 heterocycles. The van der Waals surface area contributed by atoms with E-state index < -0.39 is 5.97 Å². The van der Waals surface area contributed by atoms with Gasteiger partial charge in [0.2, 0.25) is 0 Å². The van der Waals surface area contributed by atoms with Crippen molar-refractivity contribution in [2.45, 2.75) is 6.61 Å². The molecular formula is C22H16N2O3. The van der Waals surface area contributed by atoms with E-state index >= 15 is 0 Å². The van der Waals surface area contributed by atoms with Crippen LogP contribution in [0.25, 0.3) is 0 Å². The van der Waals surface area contributed by atoms with E-state index in [2.05, 4.69) is 5.32 Å². The Hall–Kier alpha value is -3.91. The maximum absolute atomic E-state index is 12.2. The second-order valence-electron chi connectivity index (χ2n) is 5.79. The molecule has 0 saturated heterocycles. The molecule has 27 heavy (non-hydrogen) atoms. The first-order valence-electron chi connectivity index (χ1n) is 8.28. The number of nitriles is 1. The van der Waals surface area contributed by atoms with Gasteiger partial charge in [-0.05, 0) is 48.0 Å². The first-order chi connectivity index (χ1) is 13.2. The molecule has 0 bridgehead atoms. The Labute approximate surface area is 156 Å². The van der Waals surface area contributed by atoms with Gasteiger partial charge in [-0.2, -0.15) is 5.26 Å². The minimum Gasteiger partial charge on any atom is -0.457 e. The number of rotatable bonds is 5. The average molecular weight is 356 g/mol. The third-order valence-corrected chi connectivity index (χ3v) is 3.85. The number of carbonyl (C=O) groups is 2. The van der Waals surface area contributed by atoms with Crippen LogP contribution in [0, 0.1) is 11.3 Å². The van der Waals surface area contributed by atoms with Crippen LogP contribution in [-0.4, -0.2) is 11.9 Å². The quantitative estimate of drug-likeness (QED) is 0.696. The molecule has 0 atom stereocenters. The molecule has 3 aromatic carbocycles. The Bertz CT molecular complexity index is 990. The van der Waals surface area contributed by atoms with Crippen LogP contribution in [-0.2, 0) is 11.3 Å². The van der Waals surface area contributed by atoms with Crippen LogP contribution < -0.4 is 5.32 Å². The molecule has 0 aliphatic carbocycles. The third kappa shape index (κ3) is 4.80.